The van der Waals surface area contributed by atoms with E-state index in [1.807, 2.05) is 13.8 Å². The molecule has 108 valence electrons. The number of hydrogen-bond acceptors (Lipinski definition) is 3. The number of fused-ring (bicyclic) bond motifs is 1. The van der Waals surface area contributed by atoms with Crippen molar-refractivity contribution in [1.29, 1.82) is 0 Å². The zero-order valence-corrected chi connectivity index (χ0v) is 12.7. The van der Waals surface area contributed by atoms with Gasteiger partial charge in [0.05, 0.1) is 11.1 Å². The molecule has 2 rings (SSSR count). The Morgan fingerprint density at radius 3 is 2.63 bits per heavy atom. The van der Waals surface area contributed by atoms with Crippen LogP contribution in [0.15, 0.2) is 0 Å². The number of rotatable bonds is 3. The van der Waals surface area contributed by atoms with Gasteiger partial charge in [-0.2, -0.15) is 5.10 Å². The molecule has 4 heteroatoms. The average Bonchev–Trinajstić information content (AvgIpc) is 2.85. The van der Waals surface area contributed by atoms with E-state index in [0.717, 1.165) is 37.8 Å². The molecule has 0 saturated heterocycles. The highest BCUT2D eigenvalue weighted by Gasteiger charge is 2.36. The van der Waals surface area contributed by atoms with Crippen LogP contribution >= 0.6 is 0 Å². The normalized spacial score (nSPS) is 21.6. The van der Waals surface area contributed by atoms with E-state index in [1.54, 1.807) is 7.11 Å². The number of carbonyl (C=O) groups is 1. The molecule has 0 amide bonds. The molecule has 1 aromatic heterocycles. The van der Waals surface area contributed by atoms with Gasteiger partial charge in [-0.3, -0.25) is 5.10 Å². The Morgan fingerprint density at radius 1 is 1.53 bits per heavy atom. The fraction of sp³-hybridized carbons (Fsp3) is 0.733. The van der Waals surface area contributed by atoms with Crippen molar-refractivity contribution in [2.75, 3.05) is 13.7 Å². The molecule has 0 fully saturated rings. The lowest BCUT2D eigenvalue weighted by Crippen LogP contribution is -2.29. The first kappa shape index (κ1) is 15.9. The zero-order valence-electron chi connectivity index (χ0n) is 12.7. The first-order valence-corrected chi connectivity index (χ1v) is 7.03. The SMILES string of the molecule is CC(C)c1[nH]nc2c1CCCC2(C)C=O.CCOC. The summed E-state index contributed by atoms with van der Waals surface area (Å²) in [6.45, 7) is 9.07. The number of carbonyl (C=O) groups excluding carboxylic acids is 1. The molecule has 0 aliphatic heterocycles. The molecule has 0 bridgehead atoms. The predicted molar refractivity (Wildman–Crippen MR) is 76.6 cm³/mol. The van der Waals surface area contributed by atoms with Gasteiger partial charge in [-0.05, 0) is 44.6 Å². The molecule has 0 aromatic carbocycles. The molecule has 1 aromatic rings. The van der Waals surface area contributed by atoms with Crippen molar-refractivity contribution in [1.82, 2.24) is 10.2 Å². The van der Waals surface area contributed by atoms with Crippen LogP contribution in [-0.4, -0.2) is 30.2 Å². The fourth-order valence-corrected chi connectivity index (χ4v) is 2.45. The molecule has 1 atom stereocenters. The third kappa shape index (κ3) is 3.44. The number of H-pyrrole nitrogens is 1. The minimum atomic E-state index is -0.364. The zero-order chi connectivity index (χ0) is 14.5. The van der Waals surface area contributed by atoms with Gasteiger partial charge >= 0.3 is 0 Å². The minimum Gasteiger partial charge on any atom is -0.385 e. The number of methoxy groups -OCH3 is 1. The smallest absolute Gasteiger partial charge is 0.131 e. The molecular formula is C15H26N2O2. The summed E-state index contributed by atoms with van der Waals surface area (Å²) in [6.07, 6.45) is 4.12. The van der Waals surface area contributed by atoms with Gasteiger partial charge in [-0.25, -0.2) is 0 Å². The van der Waals surface area contributed by atoms with Crippen molar-refractivity contribution in [3.63, 3.8) is 0 Å². The highest BCUT2D eigenvalue weighted by atomic mass is 16.5. The van der Waals surface area contributed by atoms with E-state index < -0.39 is 0 Å². The summed E-state index contributed by atoms with van der Waals surface area (Å²) in [6, 6.07) is 0. The van der Waals surface area contributed by atoms with Gasteiger partial charge in [0.1, 0.15) is 6.29 Å². The Balaban J connectivity index is 0.000000399. The molecule has 1 aliphatic carbocycles. The topological polar surface area (TPSA) is 55.0 Å². The molecule has 4 nitrogen and oxygen atoms in total. The Labute approximate surface area is 115 Å². The molecule has 1 heterocycles. The monoisotopic (exact) mass is 266 g/mol. The van der Waals surface area contributed by atoms with E-state index >= 15 is 0 Å². The van der Waals surface area contributed by atoms with E-state index in [-0.39, 0.29) is 5.41 Å². The summed E-state index contributed by atoms with van der Waals surface area (Å²) < 4.78 is 4.54. The van der Waals surface area contributed by atoms with Gasteiger partial charge < -0.3 is 9.53 Å². The van der Waals surface area contributed by atoms with Gasteiger partial charge in [0.25, 0.3) is 0 Å². The Bertz CT molecular complexity index is 410. The summed E-state index contributed by atoms with van der Waals surface area (Å²) >= 11 is 0. The molecule has 0 saturated carbocycles. The number of aldehydes is 1. The van der Waals surface area contributed by atoms with Crippen LogP contribution in [0.1, 0.15) is 63.4 Å². The van der Waals surface area contributed by atoms with Crippen LogP contribution in [0.2, 0.25) is 0 Å². The Morgan fingerprint density at radius 2 is 2.16 bits per heavy atom. The van der Waals surface area contributed by atoms with Crippen LogP contribution in [0.5, 0.6) is 0 Å². The summed E-state index contributed by atoms with van der Waals surface area (Å²) in [5, 5.41) is 7.44. The summed E-state index contributed by atoms with van der Waals surface area (Å²) in [5.74, 6) is 0.454. The molecule has 0 radical (unpaired) electrons. The van der Waals surface area contributed by atoms with Crippen LogP contribution in [0, 0.1) is 0 Å². The van der Waals surface area contributed by atoms with Crippen LogP contribution < -0.4 is 0 Å². The van der Waals surface area contributed by atoms with Gasteiger partial charge in [-0.1, -0.05) is 13.8 Å². The Hall–Kier alpha value is -1.16. The highest BCUT2D eigenvalue weighted by molar-refractivity contribution is 5.68. The fourth-order valence-electron chi connectivity index (χ4n) is 2.45. The van der Waals surface area contributed by atoms with E-state index in [4.69, 9.17) is 0 Å². The molecule has 1 unspecified atom stereocenters. The average molecular weight is 266 g/mol. The maximum absolute atomic E-state index is 11.2. The highest BCUT2D eigenvalue weighted by Crippen LogP contribution is 2.37. The third-order valence-corrected chi connectivity index (χ3v) is 3.69. The van der Waals surface area contributed by atoms with Crippen molar-refractivity contribution in [3.8, 4) is 0 Å². The molecule has 0 spiro atoms. The van der Waals surface area contributed by atoms with Crippen LogP contribution in [-0.2, 0) is 21.4 Å². The van der Waals surface area contributed by atoms with Crippen LogP contribution in [0.25, 0.3) is 0 Å². The second kappa shape index (κ2) is 6.85. The van der Waals surface area contributed by atoms with E-state index in [9.17, 15) is 4.79 Å². The van der Waals surface area contributed by atoms with Crippen molar-refractivity contribution in [3.05, 3.63) is 17.0 Å². The van der Waals surface area contributed by atoms with Crippen molar-refractivity contribution in [2.45, 2.75) is 58.3 Å². The quantitative estimate of drug-likeness (QED) is 0.856. The number of nitrogens with zero attached hydrogens (tertiary/aromatic N) is 1. The van der Waals surface area contributed by atoms with Crippen LogP contribution in [0.4, 0.5) is 0 Å². The number of aromatic amines is 1. The summed E-state index contributed by atoms with van der Waals surface area (Å²) in [7, 11) is 1.68. The molecular weight excluding hydrogens is 240 g/mol. The maximum atomic E-state index is 11.2. The van der Waals surface area contributed by atoms with E-state index in [1.165, 1.54) is 11.3 Å². The predicted octanol–water partition coefficient (Wildman–Crippen LogP) is 2.98. The Kier molecular flexibility index (Phi) is 5.73. The third-order valence-electron chi connectivity index (χ3n) is 3.69. The number of hydrogen-bond donors (Lipinski definition) is 1. The number of nitrogens with one attached hydrogen (secondary N) is 1. The first-order valence-electron chi connectivity index (χ1n) is 7.03. The summed E-state index contributed by atoms with van der Waals surface area (Å²) in [4.78, 5) is 11.2. The number of ether oxygens (including phenoxy) is 1. The minimum absolute atomic E-state index is 0.364. The van der Waals surface area contributed by atoms with Gasteiger partial charge in [-0.15, -0.1) is 0 Å². The standard InChI is InChI=1S/C12H18N2O.C3H8O/c1-8(2)10-9-5-4-6-12(3,7-15)11(9)14-13-10;1-3-4-2/h7-8H,4-6H2,1-3H3,(H,13,14);3H2,1-2H3. The van der Waals surface area contributed by atoms with Gasteiger partial charge in [0, 0.05) is 19.4 Å². The lowest BCUT2D eigenvalue weighted by atomic mass is 9.75. The number of aromatic nitrogens is 2. The van der Waals surface area contributed by atoms with Gasteiger partial charge in [0.15, 0.2) is 0 Å². The second-order valence-corrected chi connectivity index (χ2v) is 5.59. The summed E-state index contributed by atoms with van der Waals surface area (Å²) in [5.41, 5.74) is 3.10. The second-order valence-electron chi connectivity index (χ2n) is 5.59. The maximum Gasteiger partial charge on any atom is 0.131 e. The molecule has 19 heavy (non-hydrogen) atoms. The van der Waals surface area contributed by atoms with Gasteiger partial charge in [0.2, 0.25) is 0 Å². The molecule has 1 N–H and O–H groups in total. The van der Waals surface area contributed by atoms with E-state index in [2.05, 4.69) is 28.8 Å². The lowest BCUT2D eigenvalue weighted by Gasteiger charge is -2.27. The van der Waals surface area contributed by atoms with E-state index in [0.29, 0.717) is 5.92 Å². The lowest BCUT2D eigenvalue weighted by molar-refractivity contribution is -0.112. The first-order chi connectivity index (χ1) is 9.00. The molecule has 1 aliphatic rings. The van der Waals surface area contributed by atoms with Crippen molar-refractivity contribution in [2.24, 2.45) is 0 Å². The van der Waals surface area contributed by atoms with Crippen molar-refractivity contribution < 1.29 is 9.53 Å². The van der Waals surface area contributed by atoms with Crippen LogP contribution in [0.3, 0.4) is 0 Å². The van der Waals surface area contributed by atoms with Crippen molar-refractivity contribution >= 4 is 6.29 Å². The largest absolute Gasteiger partial charge is 0.385 e.